The van der Waals surface area contributed by atoms with Crippen LogP contribution in [0.3, 0.4) is 0 Å². The van der Waals surface area contributed by atoms with Gasteiger partial charge in [-0.15, -0.1) is 0 Å². The summed E-state index contributed by atoms with van der Waals surface area (Å²) in [6, 6.07) is 1.86. The fourth-order valence-corrected chi connectivity index (χ4v) is 3.00. The minimum absolute atomic E-state index is 0.0595. The first-order valence-electron chi connectivity index (χ1n) is 6.99. The van der Waals surface area contributed by atoms with Crippen LogP contribution in [0.1, 0.15) is 48.5 Å². The zero-order chi connectivity index (χ0) is 13.9. The molecule has 1 saturated carbocycles. The molecule has 4 nitrogen and oxygen atoms in total. The molecule has 1 amide bonds. The van der Waals surface area contributed by atoms with Crippen molar-refractivity contribution in [2.24, 2.45) is 11.7 Å². The molecular formula is C15H23N3O. The normalized spacial score (nSPS) is 27.0. The smallest absolute Gasteiger partial charge is 0.253 e. The van der Waals surface area contributed by atoms with Gasteiger partial charge in [-0.3, -0.25) is 9.78 Å². The molecule has 1 aliphatic carbocycles. The summed E-state index contributed by atoms with van der Waals surface area (Å²) in [6.07, 6.45) is 7.65. The summed E-state index contributed by atoms with van der Waals surface area (Å²) in [5, 5.41) is 3.15. The number of carbonyl (C=O) groups excluding carboxylic acids is 1. The molecule has 2 unspecified atom stereocenters. The number of hydrogen-bond acceptors (Lipinski definition) is 3. The molecule has 104 valence electrons. The third-order valence-electron chi connectivity index (χ3n) is 4.00. The highest BCUT2D eigenvalue weighted by atomic mass is 16.1. The molecule has 2 atom stereocenters. The summed E-state index contributed by atoms with van der Waals surface area (Å²) in [5.41, 5.74) is 7.30. The van der Waals surface area contributed by atoms with Gasteiger partial charge in [0.25, 0.3) is 5.91 Å². The maximum Gasteiger partial charge on any atom is 0.253 e. The number of rotatable bonds is 3. The summed E-state index contributed by atoms with van der Waals surface area (Å²) in [6.45, 7) is 4.66. The summed E-state index contributed by atoms with van der Waals surface area (Å²) in [4.78, 5) is 16.4. The Bertz CT molecular complexity index is 460. The van der Waals surface area contributed by atoms with Crippen LogP contribution in [0.5, 0.6) is 0 Å². The molecule has 1 aromatic heterocycles. The first kappa shape index (κ1) is 14.0. The van der Waals surface area contributed by atoms with Gasteiger partial charge in [0.1, 0.15) is 0 Å². The number of hydrogen-bond donors (Lipinski definition) is 2. The molecule has 3 N–H and O–H groups in total. The van der Waals surface area contributed by atoms with Crippen LogP contribution in [0.2, 0.25) is 0 Å². The Kier molecular flexibility index (Phi) is 4.20. The van der Waals surface area contributed by atoms with E-state index in [1.807, 2.05) is 13.0 Å². The monoisotopic (exact) mass is 261 g/mol. The predicted octanol–water partition coefficient (Wildman–Crippen LogP) is 2.03. The fraction of sp³-hybridized carbons (Fsp3) is 0.600. The summed E-state index contributed by atoms with van der Waals surface area (Å²) in [5.74, 6) is 0.559. The SMILES string of the molecule is Cc1cncc(C(=O)NC2(CN)CCCC(C)C2)c1. The van der Waals surface area contributed by atoms with Crippen LogP contribution in [-0.2, 0) is 0 Å². The van der Waals surface area contributed by atoms with Gasteiger partial charge in [0.05, 0.1) is 11.1 Å². The lowest BCUT2D eigenvalue weighted by Gasteiger charge is -2.40. The van der Waals surface area contributed by atoms with E-state index >= 15 is 0 Å². The molecule has 0 spiro atoms. The number of amides is 1. The summed E-state index contributed by atoms with van der Waals surface area (Å²) >= 11 is 0. The fourth-order valence-electron chi connectivity index (χ4n) is 3.00. The average Bonchev–Trinajstić information content (AvgIpc) is 2.38. The number of nitrogens with zero attached hydrogens (tertiary/aromatic N) is 1. The first-order valence-corrected chi connectivity index (χ1v) is 6.99. The van der Waals surface area contributed by atoms with Gasteiger partial charge in [-0.1, -0.05) is 19.8 Å². The number of carbonyl (C=O) groups is 1. The molecule has 4 heteroatoms. The lowest BCUT2D eigenvalue weighted by molar-refractivity contribution is 0.0853. The molecule has 0 aliphatic heterocycles. The highest BCUT2D eigenvalue weighted by Gasteiger charge is 2.35. The van der Waals surface area contributed by atoms with E-state index in [-0.39, 0.29) is 11.4 Å². The quantitative estimate of drug-likeness (QED) is 0.874. The van der Waals surface area contributed by atoms with Crippen LogP contribution in [0.4, 0.5) is 0 Å². The van der Waals surface area contributed by atoms with E-state index in [1.54, 1.807) is 12.4 Å². The predicted molar refractivity (Wildman–Crippen MR) is 75.9 cm³/mol. The van der Waals surface area contributed by atoms with E-state index in [9.17, 15) is 4.79 Å². The molecule has 0 aromatic carbocycles. The van der Waals surface area contributed by atoms with Gasteiger partial charge in [-0.2, -0.15) is 0 Å². The highest BCUT2D eigenvalue weighted by Crippen LogP contribution is 2.31. The van der Waals surface area contributed by atoms with Crippen molar-refractivity contribution in [3.63, 3.8) is 0 Å². The Labute approximate surface area is 114 Å². The number of aryl methyl sites for hydroxylation is 1. The summed E-state index contributed by atoms with van der Waals surface area (Å²) < 4.78 is 0. The van der Waals surface area contributed by atoms with Crippen LogP contribution >= 0.6 is 0 Å². The van der Waals surface area contributed by atoms with Crippen molar-refractivity contribution in [1.29, 1.82) is 0 Å². The van der Waals surface area contributed by atoms with Gasteiger partial charge in [0.15, 0.2) is 0 Å². The van der Waals surface area contributed by atoms with Gasteiger partial charge in [0, 0.05) is 18.9 Å². The molecule has 1 aromatic rings. The average molecular weight is 261 g/mol. The molecule has 1 heterocycles. The maximum atomic E-state index is 12.3. The lowest BCUT2D eigenvalue weighted by atomic mass is 9.76. The van der Waals surface area contributed by atoms with Gasteiger partial charge >= 0.3 is 0 Å². The minimum Gasteiger partial charge on any atom is -0.345 e. The van der Waals surface area contributed by atoms with Crippen molar-refractivity contribution in [3.05, 3.63) is 29.6 Å². The molecule has 0 bridgehead atoms. The van der Waals surface area contributed by atoms with Gasteiger partial charge in [0.2, 0.25) is 0 Å². The van der Waals surface area contributed by atoms with Crippen molar-refractivity contribution in [2.75, 3.05) is 6.54 Å². The van der Waals surface area contributed by atoms with Crippen molar-refractivity contribution >= 4 is 5.91 Å². The van der Waals surface area contributed by atoms with Crippen molar-refractivity contribution in [1.82, 2.24) is 10.3 Å². The second kappa shape index (κ2) is 5.70. The number of aromatic nitrogens is 1. The van der Waals surface area contributed by atoms with E-state index in [2.05, 4.69) is 17.2 Å². The molecular weight excluding hydrogens is 238 g/mol. The maximum absolute atomic E-state index is 12.3. The Morgan fingerprint density at radius 1 is 1.58 bits per heavy atom. The molecule has 0 radical (unpaired) electrons. The molecule has 0 saturated heterocycles. The third kappa shape index (κ3) is 3.32. The van der Waals surface area contributed by atoms with E-state index in [1.165, 1.54) is 6.42 Å². The minimum atomic E-state index is -0.238. The molecule has 1 aliphatic rings. The van der Waals surface area contributed by atoms with Crippen LogP contribution in [0.25, 0.3) is 0 Å². The standard InChI is InChI=1S/C15H23N3O/c1-11-4-3-5-15(7-11,10-16)18-14(19)13-6-12(2)8-17-9-13/h6,8-9,11H,3-5,7,10,16H2,1-2H3,(H,18,19). The van der Waals surface area contributed by atoms with Gasteiger partial charge < -0.3 is 11.1 Å². The van der Waals surface area contributed by atoms with Crippen LogP contribution in [0.15, 0.2) is 18.5 Å². The van der Waals surface area contributed by atoms with E-state index in [0.29, 0.717) is 18.0 Å². The van der Waals surface area contributed by atoms with E-state index in [4.69, 9.17) is 5.73 Å². The van der Waals surface area contributed by atoms with Gasteiger partial charge in [-0.05, 0) is 37.3 Å². The number of nitrogens with two attached hydrogens (primary N) is 1. The zero-order valence-electron chi connectivity index (χ0n) is 11.8. The number of nitrogens with one attached hydrogen (secondary N) is 1. The Morgan fingerprint density at radius 3 is 3.00 bits per heavy atom. The zero-order valence-corrected chi connectivity index (χ0v) is 11.8. The highest BCUT2D eigenvalue weighted by molar-refractivity contribution is 5.94. The Balaban J connectivity index is 2.12. The van der Waals surface area contributed by atoms with E-state index < -0.39 is 0 Å². The second-order valence-electron chi connectivity index (χ2n) is 5.89. The van der Waals surface area contributed by atoms with Crippen molar-refractivity contribution < 1.29 is 4.79 Å². The van der Waals surface area contributed by atoms with Crippen LogP contribution in [-0.4, -0.2) is 23.0 Å². The van der Waals surface area contributed by atoms with Crippen LogP contribution < -0.4 is 11.1 Å². The first-order chi connectivity index (χ1) is 9.04. The molecule has 2 rings (SSSR count). The summed E-state index contributed by atoms with van der Waals surface area (Å²) in [7, 11) is 0. The van der Waals surface area contributed by atoms with Gasteiger partial charge in [-0.25, -0.2) is 0 Å². The van der Waals surface area contributed by atoms with Crippen LogP contribution in [0, 0.1) is 12.8 Å². The van der Waals surface area contributed by atoms with Crippen molar-refractivity contribution in [2.45, 2.75) is 45.1 Å². The topological polar surface area (TPSA) is 68.0 Å². The Morgan fingerprint density at radius 2 is 2.37 bits per heavy atom. The number of pyridine rings is 1. The largest absolute Gasteiger partial charge is 0.345 e. The second-order valence-corrected chi connectivity index (χ2v) is 5.89. The molecule has 19 heavy (non-hydrogen) atoms. The lowest BCUT2D eigenvalue weighted by Crippen LogP contribution is -2.56. The third-order valence-corrected chi connectivity index (χ3v) is 4.00. The molecule has 1 fully saturated rings. The van der Waals surface area contributed by atoms with E-state index in [0.717, 1.165) is 24.8 Å². The van der Waals surface area contributed by atoms with Crippen molar-refractivity contribution in [3.8, 4) is 0 Å². The Hall–Kier alpha value is -1.42.